The number of phenolic OH excluding ortho intramolecular Hbond substituents is 3. The number of hydrogen-bond donors (Lipinski definition) is 10. The first-order valence-corrected chi connectivity index (χ1v) is 23.1. The monoisotopic (exact) mass is 996 g/mol. The number of ketones is 2. The van der Waals surface area contributed by atoms with Crippen LogP contribution >= 0.6 is 0 Å². The topological polar surface area (TPSA) is 355 Å². The van der Waals surface area contributed by atoms with E-state index in [1.54, 1.807) is 30.3 Å². The first kappa shape index (κ1) is 50.1. The first-order valence-electron chi connectivity index (χ1n) is 21.5. The first-order chi connectivity index (χ1) is 33.0. The summed E-state index contributed by atoms with van der Waals surface area (Å²) in [7, 11) is -2.25. The van der Waals surface area contributed by atoms with Crippen LogP contribution in [0.2, 0.25) is 0 Å². The second-order valence-electron chi connectivity index (χ2n) is 17.1. The van der Waals surface area contributed by atoms with Crippen molar-refractivity contribution in [1.29, 1.82) is 0 Å². The Bertz CT molecular complexity index is 2880. The van der Waals surface area contributed by atoms with Crippen LogP contribution in [0, 0.1) is 6.92 Å². The van der Waals surface area contributed by atoms with E-state index in [4.69, 9.17) is 28.4 Å². The Hall–Kier alpha value is -6.29. The van der Waals surface area contributed by atoms with Gasteiger partial charge in [0.25, 0.3) is 16.0 Å². The number of likely N-dealkylation sites (N-methyl/N-ethyl adjacent to an activating group) is 1. The number of hydrogen-bond acceptors (Lipinski definition) is 20. The lowest BCUT2D eigenvalue weighted by molar-refractivity contribution is -0.344. The van der Waals surface area contributed by atoms with Crippen LogP contribution < -0.4 is 10.1 Å². The van der Waals surface area contributed by atoms with Crippen LogP contribution in [-0.2, 0) is 40.4 Å². The van der Waals surface area contributed by atoms with Gasteiger partial charge in [-0.15, -0.1) is 0 Å². The highest BCUT2D eigenvalue weighted by molar-refractivity contribution is 7.85. The molecule has 24 heteroatoms. The third-order valence-corrected chi connectivity index (χ3v) is 13.2. The number of aromatic hydroxyl groups is 3. The number of methoxy groups -OCH3 is 1. The van der Waals surface area contributed by atoms with E-state index in [2.05, 4.69) is 0 Å². The van der Waals surface area contributed by atoms with E-state index in [1.165, 1.54) is 34.1 Å². The number of phenols is 3. The van der Waals surface area contributed by atoms with Crippen molar-refractivity contribution in [3.05, 3.63) is 105 Å². The van der Waals surface area contributed by atoms with E-state index in [-0.39, 0.29) is 29.0 Å². The zero-order valence-corrected chi connectivity index (χ0v) is 38.3. The molecule has 2 aliphatic heterocycles. The Labute approximate surface area is 397 Å². The fourth-order valence-electron chi connectivity index (χ4n) is 9.27. The zero-order valence-electron chi connectivity index (χ0n) is 37.4. The van der Waals surface area contributed by atoms with Crippen molar-refractivity contribution in [3.8, 4) is 34.1 Å². The van der Waals surface area contributed by atoms with E-state index < -0.39 is 170 Å². The quantitative estimate of drug-likeness (QED) is 0.0819. The Morgan fingerprint density at radius 3 is 2.16 bits per heavy atom. The largest absolute Gasteiger partial charge is 0.507 e. The van der Waals surface area contributed by atoms with Crippen LogP contribution in [0.1, 0.15) is 83.6 Å². The maximum Gasteiger partial charge on any atom is 0.410 e. The minimum atomic E-state index is -4.80. The second-order valence-corrected chi connectivity index (χ2v) is 18.6. The summed E-state index contributed by atoms with van der Waals surface area (Å²) in [6.45, 7) is 2.05. The molecule has 2 saturated heterocycles. The summed E-state index contributed by atoms with van der Waals surface area (Å²) in [6, 6.07) is 11.8. The lowest BCUT2D eigenvalue weighted by Gasteiger charge is -2.49. The summed E-state index contributed by atoms with van der Waals surface area (Å²) in [6.07, 6.45) is -18.5. The van der Waals surface area contributed by atoms with Crippen molar-refractivity contribution in [3.63, 3.8) is 0 Å². The molecule has 2 aliphatic carbocycles. The van der Waals surface area contributed by atoms with Gasteiger partial charge in [-0.25, -0.2) is 4.79 Å². The highest BCUT2D eigenvalue weighted by Gasteiger charge is 2.53. The molecule has 2 heterocycles. The summed E-state index contributed by atoms with van der Waals surface area (Å²) < 4.78 is 67.4. The molecule has 2 fully saturated rings. The number of aliphatic hydroxyl groups excluding tert-OH is 5. The molecule has 0 aromatic heterocycles. The van der Waals surface area contributed by atoms with Gasteiger partial charge in [0.05, 0.1) is 42.6 Å². The summed E-state index contributed by atoms with van der Waals surface area (Å²) >= 11 is 0. The predicted molar refractivity (Wildman–Crippen MR) is 235 cm³/mol. The van der Waals surface area contributed by atoms with Gasteiger partial charge in [0.1, 0.15) is 78.2 Å². The number of carbonyl (C=O) groups excluding carboxylic acids is 4. The maximum absolute atomic E-state index is 14.2. The Morgan fingerprint density at radius 2 is 1.49 bits per heavy atom. The third kappa shape index (κ3) is 8.92. The maximum atomic E-state index is 14.2. The molecule has 0 spiro atoms. The summed E-state index contributed by atoms with van der Waals surface area (Å²) in [5.41, 5.74) is -3.72. The molecule has 0 bridgehead atoms. The third-order valence-electron chi connectivity index (χ3n) is 12.7. The number of carbonyl (C=O) groups is 4. The lowest BCUT2D eigenvalue weighted by Crippen LogP contribution is -2.66. The van der Waals surface area contributed by atoms with Gasteiger partial charge in [0.2, 0.25) is 0 Å². The number of nitrogens with one attached hydrogen (secondary N) is 1. The number of rotatable bonds is 11. The molecule has 70 heavy (non-hydrogen) atoms. The Balaban J connectivity index is 1.22. The smallest absolute Gasteiger partial charge is 0.410 e. The number of benzene rings is 4. The average Bonchev–Trinajstić information content (AvgIpc) is 3.31. The molecule has 2 amide bonds. The van der Waals surface area contributed by atoms with Crippen molar-refractivity contribution in [2.45, 2.75) is 87.9 Å². The van der Waals surface area contributed by atoms with E-state index in [9.17, 15) is 73.0 Å². The molecule has 0 radical (unpaired) electrons. The van der Waals surface area contributed by atoms with Crippen LogP contribution in [0.25, 0.3) is 11.1 Å². The van der Waals surface area contributed by atoms with Gasteiger partial charge in [-0.1, -0.05) is 36.4 Å². The van der Waals surface area contributed by atoms with Crippen LogP contribution in [-0.4, -0.2) is 164 Å². The lowest BCUT2D eigenvalue weighted by atomic mass is 9.74. The molecule has 374 valence electrons. The summed E-state index contributed by atoms with van der Waals surface area (Å²) in [5.74, 6) is -7.17. The summed E-state index contributed by atoms with van der Waals surface area (Å²) in [4.78, 5) is 56.5. The van der Waals surface area contributed by atoms with E-state index in [1.807, 2.05) is 5.32 Å². The molecule has 4 aliphatic rings. The highest BCUT2D eigenvalue weighted by atomic mass is 32.2. The number of aryl methyl sites for hydroxylation is 1. The van der Waals surface area contributed by atoms with Crippen LogP contribution in [0.5, 0.6) is 23.0 Å². The summed E-state index contributed by atoms with van der Waals surface area (Å²) in [5, 5.41) is 93.2. The van der Waals surface area contributed by atoms with Crippen molar-refractivity contribution in [2.75, 3.05) is 26.6 Å². The van der Waals surface area contributed by atoms with Crippen molar-refractivity contribution < 1.29 is 101 Å². The highest BCUT2D eigenvalue weighted by Crippen LogP contribution is 2.57. The standard InChI is InChI=1S/C46H48N2O21S/c1-17-10-24-30(37(55)27(17)43(59)47-16-70(61,62)63)29-22(13-23-31(38(29)56)34(52)21-11-20(64-4)12-25(49)28(21)33(23)51)35(53)41(24)68-45-40(58)42(69-44-39(57)36(54)26(50)15-65-44)32(18(2)67-45)48(3)46(60)66-14-19-8-6-5-7-9-19/h5-13,18,26,32,35-36,39-42,44-45,49-50,53-58H,14-16H2,1-4H3,(H,47,59)(H,61,62,63)/t18-,26-,32+,35+,36+,39-,40-,41+,42+,44+,45+/m1/s1. The number of amides is 2. The van der Waals surface area contributed by atoms with Gasteiger partial charge < -0.3 is 79.5 Å². The van der Waals surface area contributed by atoms with Crippen LogP contribution in [0.3, 0.4) is 0 Å². The van der Waals surface area contributed by atoms with Crippen molar-refractivity contribution >= 4 is 33.7 Å². The fraction of sp³-hybridized carbons (Fsp3) is 0.391. The average molecular weight is 997 g/mol. The molecule has 10 N–H and O–H groups in total. The molecule has 23 nitrogen and oxygen atoms in total. The SMILES string of the molecule is COc1cc(O)c2c(c1)C(=O)c1c(cc3c(c1O)-c1c(cc(C)c(C(=O)NCS(=O)(=O)O)c1O)[C@H](O[C@@H]1O[C@H](C)[C@H](N(C)C(=O)OCc4ccccc4)[C@H](O[C@@H]4OC[C@@H](O)[C@H](O)[C@H]4O)[C@H]1O)[C@H]3O)C2=O. The molecule has 4 aromatic carbocycles. The number of ether oxygens (including phenoxy) is 6. The Kier molecular flexibility index (Phi) is 13.7. The molecular formula is C46H48N2O21S. The Morgan fingerprint density at radius 1 is 0.829 bits per heavy atom. The molecule has 8 rings (SSSR count). The van der Waals surface area contributed by atoms with Gasteiger partial charge in [-0.2, -0.15) is 8.42 Å². The number of aliphatic hydroxyl groups is 5. The number of fused-ring (bicyclic) bond motifs is 5. The van der Waals surface area contributed by atoms with E-state index >= 15 is 0 Å². The fourth-order valence-corrected chi connectivity index (χ4v) is 9.59. The van der Waals surface area contributed by atoms with Crippen LogP contribution in [0.4, 0.5) is 4.79 Å². The minimum absolute atomic E-state index is 0.0263. The van der Waals surface area contributed by atoms with Gasteiger partial charge in [0, 0.05) is 35.4 Å². The second kappa shape index (κ2) is 19.1. The van der Waals surface area contributed by atoms with E-state index in [0.29, 0.717) is 5.56 Å². The molecule has 11 atom stereocenters. The molecular weight excluding hydrogens is 949 g/mol. The van der Waals surface area contributed by atoms with Crippen molar-refractivity contribution in [2.24, 2.45) is 0 Å². The molecule has 4 aromatic rings. The predicted octanol–water partition coefficient (Wildman–Crippen LogP) is 0.810. The molecule has 0 unspecified atom stereocenters. The van der Waals surface area contributed by atoms with Gasteiger partial charge in [-0.3, -0.25) is 18.9 Å². The van der Waals surface area contributed by atoms with Gasteiger partial charge in [-0.05, 0) is 48.2 Å². The van der Waals surface area contributed by atoms with Gasteiger partial charge in [0.15, 0.2) is 24.1 Å². The zero-order chi connectivity index (χ0) is 50.8. The van der Waals surface area contributed by atoms with Gasteiger partial charge >= 0.3 is 6.09 Å². The van der Waals surface area contributed by atoms with Crippen molar-refractivity contribution in [1.82, 2.24) is 10.2 Å². The normalized spacial score (nSPS) is 27.1. The molecule has 0 saturated carbocycles. The number of nitrogens with zero attached hydrogens (tertiary/aromatic N) is 1. The van der Waals surface area contributed by atoms with E-state index in [0.717, 1.165) is 23.1 Å². The van der Waals surface area contributed by atoms with Crippen LogP contribution in [0.15, 0.2) is 54.6 Å². The minimum Gasteiger partial charge on any atom is -0.507 e.